The van der Waals surface area contributed by atoms with Crippen LogP contribution in [0.2, 0.25) is 0 Å². The number of fused-ring (bicyclic) bond motifs is 1. The van der Waals surface area contributed by atoms with Gasteiger partial charge in [-0.2, -0.15) is 5.10 Å². The van der Waals surface area contributed by atoms with E-state index < -0.39 is 5.91 Å². The maximum atomic E-state index is 11.9. The SMILES string of the molecule is O=C(COc1ccc2ccccc2c1)NN=Cc1cc(Br)c(O)c(Br)c1O. The first-order valence-corrected chi connectivity index (χ1v) is 9.37. The predicted octanol–water partition coefficient (Wildman–Crippen LogP) is 4.31. The van der Waals surface area contributed by atoms with Crippen LogP contribution < -0.4 is 10.2 Å². The zero-order chi connectivity index (χ0) is 19.4. The lowest BCUT2D eigenvalue weighted by atomic mass is 10.1. The first-order chi connectivity index (χ1) is 13.0. The van der Waals surface area contributed by atoms with Crippen LogP contribution in [0.1, 0.15) is 5.56 Å². The van der Waals surface area contributed by atoms with E-state index in [1.807, 2.05) is 36.4 Å². The minimum absolute atomic E-state index is 0.127. The molecule has 0 fully saturated rings. The number of phenols is 2. The van der Waals surface area contributed by atoms with Gasteiger partial charge in [-0.25, -0.2) is 5.43 Å². The summed E-state index contributed by atoms with van der Waals surface area (Å²) in [4.78, 5) is 11.9. The Hall–Kier alpha value is -2.58. The fraction of sp³-hybridized carbons (Fsp3) is 0.0526. The monoisotopic (exact) mass is 492 g/mol. The van der Waals surface area contributed by atoms with Crippen molar-refractivity contribution in [3.05, 3.63) is 63.0 Å². The summed E-state index contributed by atoms with van der Waals surface area (Å²) in [6, 6.07) is 14.9. The van der Waals surface area contributed by atoms with Crippen molar-refractivity contribution in [3.63, 3.8) is 0 Å². The van der Waals surface area contributed by atoms with Crippen LogP contribution >= 0.6 is 31.9 Å². The molecule has 0 bridgehead atoms. The number of hydrogen-bond donors (Lipinski definition) is 3. The summed E-state index contributed by atoms with van der Waals surface area (Å²) < 4.78 is 5.98. The van der Waals surface area contributed by atoms with Gasteiger partial charge in [0.25, 0.3) is 5.91 Å². The molecular weight excluding hydrogens is 480 g/mol. The molecule has 0 unspecified atom stereocenters. The Morgan fingerprint density at radius 1 is 1.07 bits per heavy atom. The molecule has 3 aromatic carbocycles. The second kappa shape index (κ2) is 8.41. The number of hydrazone groups is 1. The van der Waals surface area contributed by atoms with E-state index in [2.05, 4.69) is 42.4 Å². The van der Waals surface area contributed by atoms with Crippen LogP contribution in [-0.4, -0.2) is 28.9 Å². The van der Waals surface area contributed by atoms with Crippen LogP contribution in [0.25, 0.3) is 10.8 Å². The predicted molar refractivity (Wildman–Crippen MR) is 110 cm³/mol. The maximum Gasteiger partial charge on any atom is 0.277 e. The molecule has 3 aromatic rings. The highest BCUT2D eigenvalue weighted by Crippen LogP contribution is 2.40. The van der Waals surface area contributed by atoms with Crippen molar-refractivity contribution < 1.29 is 19.7 Å². The van der Waals surface area contributed by atoms with Gasteiger partial charge in [0.2, 0.25) is 0 Å². The molecule has 0 saturated carbocycles. The van der Waals surface area contributed by atoms with E-state index in [4.69, 9.17) is 4.74 Å². The standard InChI is InChI=1S/C19H14Br2N2O4/c20-15-8-13(18(25)17(21)19(15)26)9-22-23-16(24)10-27-14-6-5-11-3-1-2-4-12(11)7-14/h1-9,25-26H,10H2,(H,23,24). The second-order valence-corrected chi connectivity index (χ2v) is 7.20. The summed E-state index contributed by atoms with van der Waals surface area (Å²) in [5.41, 5.74) is 2.63. The van der Waals surface area contributed by atoms with Crippen LogP contribution in [0.5, 0.6) is 17.2 Å². The van der Waals surface area contributed by atoms with Crippen molar-refractivity contribution in [2.24, 2.45) is 5.10 Å². The van der Waals surface area contributed by atoms with Crippen molar-refractivity contribution in [1.29, 1.82) is 0 Å². The van der Waals surface area contributed by atoms with Crippen LogP contribution in [0.15, 0.2) is 62.6 Å². The molecule has 27 heavy (non-hydrogen) atoms. The molecule has 138 valence electrons. The Labute approximate surface area is 171 Å². The van der Waals surface area contributed by atoms with E-state index in [1.54, 1.807) is 6.07 Å². The van der Waals surface area contributed by atoms with E-state index in [1.165, 1.54) is 12.3 Å². The quantitative estimate of drug-likeness (QED) is 0.365. The van der Waals surface area contributed by atoms with Crippen molar-refractivity contribution in [2.45, 2.75) is 0 Å². The number of nitrogens with one attached hydrogen (secondary N) is 1. The minimum Gasteiger partial charge on any atom is -0.506 e. The Kier molecular flexibility index (Phi) is 5.98. The summed E-state index contributed by atoms with van der Waals surface area (Å²) in [5, 5.41) is 25.5. The third kappa shape index (κ3) is 4.58. The van der Waals surface area contributed by atoms with E-state index in [0.717, 1.165) is 10.8 Å². The number of hydrogen-bond acceptors (Lipinski definition) is 5. The van der Waals surface area contributed by atoms with E-state index in [-0.39, 0.29) is 22.6 Å². The highest BCUT2D eigenvalue weighted by molar-refractivity contribution is 9.11. The first kappa shape index (κ1) is 19.2. The average molecular weight is 494 g/mol. The summed E-state index contributed by atoms with van der Waals surface area (Å²) in [5.74, 6) is -0.189. The highest BCUT2D eigenvalue weighted by Gasteiger charge is 2.12. The summed E-state index contributed by atoms with van der Waals surface area (Å²) in [6.45, 7) is -0.204. The number of rotatable bonds is 5. The Bertz CT molecular complexity index is 1040. The third-order valence-electron chi connectivity index (χ3n) is 3.68. The molecular formula is C19H14Br2N2O4. The number of carbonyl (C=O) groups is 1. The lowest BCUT2D eigenvalue weighted by Gasteiger charge is -2.07. The van der Waals surface area contributed by atoms with E-state index in [0.29, 0.717) is 15.8 Å². The molecule has 3 N–H and O–H groups in total. The van der Waals surface area contributed by atoms with Gasteiger partial charge < -0.3 is 14.9 Å². The van der Waals surface area contributed by atoms with E-state index in [9.17, 15) is 15.0 Å². The lowest BCUT2D eigenvalue weighted by molar-refractivity contribution is -0.123. The number of carbonyl (C=O) groups excluding carboxylic acids is 1. The minimum atomic E-state index is -0.448. The zero-order valence-corrected chi connectivity index (χ0v) is 17.0. The number of nitrogens with zero attached hydrogens (tertiary/aromatic N) is 1. The summed E-state index contributed by atoms with van der Waals surface area (Å²) >= 11 is 6.23. The molecule has 1 amide bonds. The van der Waals surface area contributed by atoms with Gasteiger partial charge in [0.15, 0.2) is 6.61 Å². The smallest absolute Gasteiger partial charge is 0.277 e. The first-order valence-electron chi connectivity index (χ1n) is 7.79. The van der Waals surface area contributed by atoms with Crippen molar-refractivity contribution in [1.82, 2.24) is 5.43 Å². The number of phenolic OH excluding ortho intramolecular Hbond substituents is 2. The van der Waals surface area contributed by atoms with Gasteiger partial charge >= 0.3 is 0 Å². The van der Waals surface area contributed by atoms with E-state index >= 15 is 0 Å². The van der Waals surface area contributed by atoms with Gasteiger partial charge in [0, 0.05) is 5.56 Å². The number of ether oxygens (including phenoxy) is 1. The normalized spacial score (nSPS) is 11.0. The maximum absolute atomic E-state index is 11.9. The largest absolute Gasteiger partial charge is 0.506 e. The van der Waals surface area contributed by atoms with Crippen LogP contribution in [0.4, 0.5) is 0 Å². The molecule has 0 spiro atoms. The molecule has 0 heterocycles. The Morgan fingerprint density at radius 3 is 2.59 bits per heavy atom. The van der Waals surface area contributed by atoms with Crippen molar-refractivity contribution >= 4 is 54.8 Å². The van der Waals surface area contributed by atoms with Gasteiger partial charge in [-0.15, -0.1) is 0 Å². The van der Waals surface area contributed by atoms with Gasteiger partial charge in [0.05, 0.1) is 10.7 Å². The number of amides is 1. The summed E-state index contributed by atoms with van der Waals surface area (Å²) in [7, 11) is 0. The molecule has 0 aliphatic heterocycles. The lowest BCUT2D eigenvalue weighted by Crippen LogP contribution is -2.24. The molecule has 0 aliphatic carbocycles. The fourth-order valence-electron chi connectivity index (χ4n) is 2.33. The van der Waals surface area contributed by atoms with Crippen molar-refractivity contribution in [3.8, 4) is 17.2 Å². The van der Waals surface area contributed by atoms with Crippen LogP contribution in [-0.2, 0) is 4.79 Å². The Balaban J connectivity index is 1.59. The number of benzene rings is 3. The molecule has 3 rings (SSSR count). The Morgan fingerprint density at radius 2 is 1.81 bits per heavy atom. The molecule has 0 radical (unpaired) electrons. The molecule has 0 saturated heterocycles. The topological polar surface area (TPSA) is 91.2 Å². The molecule has 6 nitrogen and oxygen atoms in total. The van der Waals surface area contributed by atoms with Crippen molar-refractivity contribution in [2.75, 3.05) is 6.61 Å². The number of aromatic hydroxyl groups is 2. The average Bonchev–Trinajstić information content (AvgIpc) is 2.68. The highest BCUT2D eigenvalue weighted by atomic mass is 79.9. The summed E-state index contributed by atoms with van der Waals surface area (Å²) in [6.07, 6.45) is 1.26. The number of halogens is 2. The van der Waals surface area contributed by atoms with Gasteiger partial charge in [-0.05, 0) is 60.8 Å². The zero-order valence-electron chi connectivity index (χ0n) is 13.8. The van der Waals surface area contributed by atoms with Gasteiger partial charge in [-0.1, -0.05) is 30.3 Å². The molecule has 0 aromatic heterocycles. The second-order valence-electron chi connectivity index (χ2n) is 5.55. The molecule has 8 heteroatoms. The molecule has 0 atom stereocenters. The fourth-order valence-corrected chi connectivity index (χ4v) is 3.48. The van der Waals surface area contributed by atoms with Gasteiger partial charge in [-0.3, -0.25) is 4.79 Å². The third-order valence-corrected chi connectivity index (χ3v) is 5.04. The van der Waals surface area contributed by atoms with Crippen LogP contribution in [0, 0.1) is 0 Å². The van der Waals surface area contributed by atoms with Gasteiger partial charge in [0.1, 0.15) is 21.7 Å². The molecule has 0 aliphatic rings. The van der Waals surface area contributed by atoms with Crippen LogP contribution in [0.3, 0.4) is 0 Å².